The third-order valence-corrected chi connectivity index (χ3v) is 3.29. The number of nitrogens with two attached hydrogens (primary N) is 1. The summed E-state index contributed by atoms with van der Waals surface area (Å²) in [4.78, 5) is -0.236. The maximum atomic E-state index is 12.7. The number of benzene rings is 1. The van der Waals surface area contributed by atoms with Crippen LogP contribution in [0, 0.1) is 0 Å². The molecular formula is C12H13F3N2S. The van der Waals surface area contributed by atoms with Crippen LogP contribution in [-0.2, 0) is 6.18 Å². The monoisotopic (exact) mass is 274 g/mol. The highest BCUT2D eigenvalue weighted by atomic mass is 32.1. The lowest BCUT2D eigenvalue weighted by atomic mass is 9.92. The molecule has 0 heterocycles. The van der Waals surface area contributed by atoms with Gasteiger partial charge in [-0.05, 0) is 37.5 Å². The molecule has 0 unspecified atom stereocenters. The van der Waals surface area contributed by atoms with Crippen LogP contribution in [0.5, 0.6) is 0 Å². The van der Waals surface area contributed by atoms with Gasteiger partial charge in [-0.1, -0.05) is 12.2 Å². The van der Waals surface area contributed by atoms with E-state index in [2.05, 4.69) is 17.5 Å². The molecule has 0 aromatic heterocycles. The minimum atomic E-state index is -4.44. The van der Waals surface area contributed by atoms with Crippen LogP contribution in [-0.4, -0.2) is 11.0 Å². The summed E-state index contributed by atoms with van der Waals surface area (Å²) in [6, 6.07) is 4.17. The van der Waals surface area contributed by atoms with Gasteiger partial charge in [0, 0.05) is 17.3 Å². The van der Waals surface area contributed by atoms with Gasteiger partial charge in [0.25, 0.3) is 0 Å². The maximum Gasteiger partial charge on any atom is 0.417 e. The van der Waals surface area contributed by atoms with Crippen molar-refractivity contribution in [3.63, 3.8) is 0 Å². The van der Waals surface area contributed by atoms with E-state index in [0.29, 0.717) is 11.7 Å². The second kappa shape index (κ2) is 4.76. The maximum absolute atomic E-state index is 12.7. The fourth-order valence-electron chi connectivity index (χ4n) is 1.87. The van der Waals surface area contributed by atoms with Gasteiger partial charge in [-0.2, -0.15) is 13.2 Å². The summed E-state index contributed by atoms with van der Waals surface area (Å²) in [5.74, 6) is 0. The lowest BCUT2D eigenvalue weighted by Crippen LogP contribution is -2.27. The first kappa shape index (κ1) is 13.1. The Morgan fingerprint density at radius 1 is 1.33 bits per heavy atom. The highest BCUT2D eigenvalue weighted by Crippen LogP contribution is 2.34. The molecule has 1 aliphatic carbocycles. The molecular weight excluding hydrogens is 261 g/mol. The van der Waals surface area contributed by atoms with E-state index in [1.54, 1.807) is 0 Å². The SMILES string of the molecule is NC(=S)c1cc(NC2CCC2)ccc1C(F)(F)F. The second-order valence-electron chi connectivity index (χ2n) is 4.39. The zero-order chi connectivity index (χ0) is 13.3. The van der Waals surface area contributed by atoms with Gasteiger partial charge >= 0.3 is 6.18 Å². The van der Waals surface area contributed by atoms with Crippen LogP contribution in [0.15, 0.2) is 18.2 Å². The molecule has 6 heteroatoms. The van der Waals surface area contributed by atoms with E-state index >= 15 is 0 Å². The van der Waals surface area contributed by atoms with Crippen molar-refractivity contribution in [2.75, 3.05) is 5.32 Å². The Bertz CT molecular complexity index is 467. The number of anilines is 1. The minimum absolute atomic E-state index is 0.123. The third-order valence-electron chi connectivity index (χ3n) is 3.07. The van der Waals surface area contributed by atoms with E-state index in [4.69, 9.17) is 5.73 Å². The van der Waals surface area contributed by atoms with Crippen LogP contribution in [0.1, 0.15) is 30.4 Å². The average Bonchev–Trinajstić information content (AvgIpc) is 2.21. The van der Waals surface area contributed by atoms with Crippen LogP contribution in [0.2, 0.25) is 0 Å². The van der Waals surface area contributed by atoms with Crippen molar-refractivity contribution >= 4 is 22.9 Å². The molecule has 1 aromatic rings. The molecule has 3 N–H and O–H groups in total. The predicted octanol–water partition coefficient (Wildman–Crippen LogP) is 3.30. The van der Waals surface area contributed by atoms with E-state index < -0.39 is 11.7 Å². The van der Waals surface area contributed by atoms with Crippen molar-refractivity contribution in [3.8, 4) is 0 Å². The lowest BCUT2D eigenvalue weighted by molar-refractivity contribution is -0.137. The van der Waals surface area contributed by atoms with Gasteiger partial charge < -0.3 is 11.1 Å². The third kappa shape index (κ3) is 2.75. The van der Waals surface area contributed by atoms with Crippen molar-refractivity contribution < 1.29 is 13.2 Å². The van der Waals surface area contributed by atoms with Gasteiger partial charge in [0.15, 0.2) is 0 Å². The van der Waals surface area contributed by atoms with Crippen molar-refractivity contribution in [2.45, 2.75) is 31.5 Å². The molecule has 1 aromatic carbocycles. The van der Waals surface area contributed by atoms with Crippen molar-refractivity contribution in [1.82, 2.24) is 0 Å². The standard InChI is InChI=1S/C12H13F3N2S/c13-12(14,15)10-5-4-8(6-9(10)11(16)18)17-7-2-1-3-7/h4-7,17H,1-3H2,(H2,16,18). The van der Waals surface area contributed by atoms with Crippen LogP contribution in [0.4, 0.5) is 18.9 Å². The van der Waals surface area contributed by atoms with Gasteiger partial charge in [-0.25, -0.2) is 0 Å². The predicted molar refractivity (Wildman–Crippen MR) is 68.6 cm³/mol. The summed E-state index contributed by atoms with van der Waals surface area (Å²) in [6.07, 6.45) is -1.19. The Balaban J connectivity index is 2.30. The average molecular weight is 274 g/mol. The van der Waals surface area contributed by atoms with Gasteiger partial charge in [-0.3, -0.25) is 0 Å². The number of hydrogen-bond donors (Lipinski definition) is 2. The molecule has 0 aliphatic heterocycles. The highest BCUT2D eigenvalue weighted by Gasteiger charge is 2.34. The van der Waals surface area contributed by atoms with E-state index in [-0.39, 0.29) is 10.6 Å². The largest absolute Gasteiger partial charge is 0.417 e. The van der Waals surface area contributed by atoms with Crippen LogP contribution in [0.25, 0.3) is 0 Å². The summed E-state index contributed by atoms with van der Waals surface area (Å²) in [7, 11) is 0. The zero-order valence-corrected chi connectivity index (χ0v) is 10.4. The van der Waals surface area contributed by atoms with Gasteiger partial charge in [0.1, 0.15) is 4.99 Å². The van der Waals surface area contributed by atoms with Gasteiger partial charge in [-0.15, -0.1) is 0 Å². The number of halogens is 3. The Morgan fingerprint density at radius 3 is 2.44 bits per heavy atom. The molecule has 1 fully saturated rings. The molecule has 0 spiro atoms. The van der Waals surface area contributed by atoms with Crippen LogP contribution < -0.4 is 11.1 Å². The van der Waals surface area contributed by atoms with E-state index in [1.807, 2.05) is 0 Å². The fourth-order valence-corrected chi connectivity index (χ4v) is 2.04. The normalized spacial score (nSPS) is 16.2. The first-order valence-electron chi connectivity index (χ1n) is 5.65. The Labute approximate surface area is 108 Å². The van der Waals surface area contributed by atoms with Crippen molar-refractivity contribution in [1.29, 1.82) is 0 Å². The number of nitrogens with one attached hydrogen (secondary N) is 1. The molecule has 18 heavy (non-hydrogen) atoms. The summed E-state index contributed by atoms with van der Waals surface area (Å²) in [5.41, 5.74) is 5.09. The van der Waals surface area contributed by atoms with Gasteiger partial charge in [0.05, 0.1) is 5.56 Å². The zero-order valence-electron chi connectivity index (χ0n) is 9.55. The molecule has 0 amide bonds. The molecule has 2 rings (SSSR count). The summed E-state index contributed by atoms with van der Waals surface area (Å²) in [6.45, 7) is 0. The molecule has 1 saturated carbocycles. The molecule has 0 atom stereocenters. The first-order valence-corrected chi connectivity index (χ1v) is 6.06. The number of rotatable bonds is 3. The molecule has 0 saturated heterocycles. The highest BCUT2D eigenvalue weighted by molar-refractivity contribution is 7.80. The number of alkyl halides is 3. The first-order chi connectivity index (χ1) is 8.38. The minimum Gasteiger partial charge on any atom is -0.389 e. The van der Waals surface area contributed by atoms with Gasteiger partial charge in [0.2, 0.25) is 0 Å². The van der Waals surface area contributed by atoms with Crippen molar-refractivity contribution in [2.24, 2.45) is 5.73 Å². The quantitative estimate of drug-likeness (QED) is 0.830. The smallest absolute Gasteiger partial charge is 0.389 e. The van der Waals surface area contributed by atoms with E-state index in [9.17, 15) is 13.2 Å². The second-order valence-corrected chi connectivity index (χ2v) is 4.83. The molecule has 1 aliphatic rings. The summed E-state index contributed by atoms with van der Waals surface area (Å²) < 4.78 is 38.2. The van der Waals surface area contributed by atoms with Crippen LogP contribution in [0.3, 0.4) is 0 Å². The molecule has 2 nitrogen and oxygen atoms in total. The van der Waals surface area contributed by atoms with Crippen LogP contribution >= 0.6 is 12.2 Å². The van der Waals surface area contributed by atoms with E-state index in [1.165, 1.54) is 12.1 Å². The summed E-state index contributed by atoms with van der Waals surface area (Å²) in [5, 5.41) is 3.17. The number of hydrogen-bond acceptors (Lipinski definition) is 2. The topological polar surface area (TPSA) is 38.0 Å². The molecule has 98 valence electrons. The molecule has 0 radical (unpaired) electrons. The summed E-state index contributed by atoms with van der Waals surface area (Å²) >= 11 is 4.68. The Hall–Kier alpha value is -1.30. The van der Waals surface area contributed by atoms with E-state index in [0.717, 1.165) is 25.3 Å². The Kier molecular flexibility index (Phi) is 3.47. The Morgan fingerprint density at radius 2 is 2.00 bits per heavy atom. The lowest BCUT2D eigenvalue weighted by Gasteiger charge is -2.28. The van der Waals surface area contributed by atoms with Crippen molar-refractivity contribution in [3.05, 3.63) is 29.3 Å². The number of thiocarbonyl (C=S) groups is 1. The fraction of sp³-hybridized carbons (Fsp3) is 0.417. The molecule has 0 bridgehead atoms.